The van der Waals surface area contributed by atoms with Crippen molar-refractivity contribution in [2.24, 2.45) is 0 Å². The van der Waals surface area contributed by atoms with E-state index >= 15 is 0 Å². The van der Waals surface area contributed by atoms with E-state index in [-0.39, 0.29) is 17.9 Å². The number of unbranched alkanes of at least 4 members (excludes halogenated alkanes) is 2. The second-order valence-electron chi connectivity index (χ2n) is 5.59. The van der Waals surface area contributed by atoms with Crippen LogP contribution in [0.5, 0.6) is 0 Å². The molecule has 1 atom stereocenters. The Kier molecular flexibility index (Phi) is 8.77. The molecule has 0 aliphatic rings. The second-order valence-corrected chi connectivity index (χ2v) is 6.57. The molecule has 0 radical (unpaired) electrons. The van der Waals surface area contributed by atoms with Gasteiger partial charge in [0.25, 0.3) is 0 Å². The molecule has 1 rings (SSSR count). The molecule has 0 aliphatic heterocycles. The van der Waals surface area contributed by atoms with E-state index in [4.69, 9.17) is 0 Å². The second kappa shape index (κ2) is 10.3. The Bertz CT molecular complexity index is 446. The lowest BCUT2D eigenvalue weighted by atomic mass is 10.1. The maximum Gasteiger partial charge on any atom is 0.220 e. The summed E-state index contributed by atoms with van der Waals surface area (Å²) in [5.41, 5.74) is 0. The van der Waals surface area contributed by atoms with Gasteiger partial charge in [0.1, 0.15) is 0 Å². The molecule has 1 aromatic heterocycles. The fourth-order valence-corrected chi connectivity index (χ4v) is 3.09. The van der Waals surface area contributed by atoms with Crippen molar-refractivity contribution in [3.8, 4) is 0 Å². The summed E-state index contributed by atoms with van der Waals surface area (Å²) in [6.07, 6.45) is 3.28. The molecule has 1 unspecified atom stereocenters. The predicted molar refractivity (Wildman–Crippen MR) is 90.9 cm³/mol. The minimum Gasteiger partial charge on any atom is -0.356 e. The lowest BCUT2D eigenvalue weighted by molar-refractivity contribution is -0.121. The van der Waals surface area contributed by atoms with Gasteiger partial charge < -0.3 is 15.5 Å². The van der Waals surface area contributed by atoms with Crippen LogP contribution in [0.1, 0.15) is 43.5 Å². The first-order valence-electron chi connectivity index (χ1n) is 7.71. The fraction of sp³-hybridized carbons (Fsp3) is 0.625. The first-order valence-corrected chi connectivity index (χ1v) is 8.59. The number of carbonyl (C=O) groups is 2. The van der Waals surface area contributed by atoms with E-state index in [0.717, 1.165) is 19.3 Å². The highest BCUT2D eigenvalue weighted by atomic mass is 32.1. The number of likely N-dealkylation sites (N-methyl/N-ethyl adjacent to an activating group) is 1. The molecule has 2 amide bonds. The number of nitrogens with zero attached hydrogens (tertiary/aromatic N) is 1. The number of hydrogen-bond acceptors (Lipinski definition) is 4. The highest BCUT2D eigenvalue weighted by Crippen LogP contribution is 2.22. The molecule has 6 heteroatoms. The number of hydrogen-bond donors (Lipinski definition) is 2. The molecular formula is C16H27N3O2S. The van der Waals surface area contributed by atoms with Crippen LogP contribution in [-0.2, 0) is 9.59 Å². The Morgan fingerprint density at radius 3 is 2.59 bits per heavy atom. The molecule has 5 nitrogen and oxygen atoms in total. The van der Waals surface area contributed by atoms with E-state index in [9.17, 15) is 9.59 Å². The molecule has 22 heavy (non-hydrogen) atoms. The summed E-state index contributed by atoms with van der Waals surface area (Å²) in [6.45, 7) is 2.85. The van der Waals surface area contributed by atoms with Crippen LogP contribution in [0.15, 0.2) is 17.5 Å². The normalized spacial score (nSPS) is 12.2. The predicted octanol–water partition coefficient (Wildman–Crippen LogP) is 2.16. The molecule has 0 saturated carbocycles. The lowest BCUT2D eigenvalue weighted by Crippen LogP contribution is -2.34. The number of rotatable bonds is 10. The molecule has 1 heterocycles. The number of amides is 2. The third-order valence-corrected chi connectivity index (χ3v) is 4.42. The Labute approximate surface area is 137 Å². The number of thiophene rings is 1. The van der Waals surface area contributed by atoms with Crippen molar-refractivity contribution in [2.45, 2.75) is 38.6 Å². The minimum absolute atomic E-state index is 0.000970. The van der Waals surface area contributed by atoms with Crippen LogP contribution in [0, 0.1) is 0 Å². The van der Waals surface area contributed by atoms with Gasteiger partial charge in [-0.25, -0.2) is 0 Å². The van der Waals surface area contributed by atoms with Crippen LogP contribution in [0.2, 0.25) is 0 Å². The van der Waals surface area contributed by atoms with Crippen LogP contribution in [0.3, 0.4) is 0 Å². The van der Waals surface area contributed by atoms with Gasteiger partial charge in [-0.3, -0.25) is 9.59 Å². The van der Waals surface area contributed by atoms with Crippen molar-refractivity contribution in [3.63, 3.8) is 0 Å². The van der Waals surface area contributed by atoms with Crippen molar-refractivity contribution in [1.29, 1.82) is 0 Å². The molecule has 124 valence electrons. The smallest absolute Gasteiger partial charge is 0.220 e. The average Bonchev–Trinajstić information content (AvgIpc) is 2.96. The first kappa shape index (κ1) is 18.6. The zero-order valence-corrected chi connectivity index (χ0v) is 14.5. The van der Waals surface area contributed by atoms with Crippen LogP contribution in [-0.4, -0.2) is 43.9 Å². The topological polar surface area (TPSA) is 61.4 Å². The molecule has 0 bridgehead atoms. The van der Waals surface area contributed by atoms with E-state index in [0.29, 0.717) is 19.5 Å². The maximum atomic E-state index is 11.9. The summed E-state index contributed by atoms with van der Waals surface area (Å²) in [4.78, 5) is 26.0. The molecule has 0 fully saturated rings. The van der Waals surface area contributed by atoms with Crippen molar-refractivity contribution in [1.82, 2.24) is 15.5 Å². The van der Waals surface area contributed by atoms with Gasteiger partial charge in [-0.1, -0.05) is 12.5 Å². The molecule has 0 aromatic carbocycles. The molecule has 0 aliphatic carbocycles. The van der Waals surface area contributed by atoms with Crippen molar-refractivity contribution in [3.05, 3.63) is 22.4 Å². The lowest BCUT2D eigenvalue weighted by Gasteiger charge is -2.23. The number of carbonyl (C=O) groups excluding carboxylic acids is 2. The van der Waals surface area contributed by atoms with Gasteiger partial charge in [0.2, 0.25) is 11.8 Å². The summed E-state index contributed by atoms with van der Waals surface area (Å²) < 4.78 is 0. The Morgan fingerprint density at radius 1 is 1.23 bits per heavy atom. The largest absolute Gasteiger partial charge is 0.356 e. The van der Waals surface area contributed by atoms with Gasteiger partial charge in [-0.2, -0.15) is 0 Å². The Balaban J connectivity index is 2.17. The van der Waals surface area contributed by atoms with Gasteiger partial charge >= 0.3 is 0 Å². The SMILES string of the molecule is CC(=O)NCCCCCC(=O)NCC(c1cccs1)N(C)C. The molecule has 0 spiro atoms. The van der Waals surface area contributed by atoms with Crippen LogP contribution < -0.4 is 10.6 Å². The number of nitrogens with one attached hydrogen (secondary N) is 2. The van der Waals surface area contributed by atoms with Gasteiger partial charge in [0.05, 0.1) is 6.04 Å². The van der Waals surface area contributed by atoms with Crippen LogP contribution in [0.4, 0.5) is 0 Å². The first-order chi connectivity index (χ1) is 10.5. The fourth-order valence-electron chi connectivity index (χ4n) is 2.17. The van der Waals surface area contributed by atoms with Crippen molar-refractivity contribution >= 4 is 23.2 Å². The van der Waals surface area contributed by atoms with E-state index < -0.39 is 0 Å². The maximum absolute atomic E-state index is 11.9. The van der Waals surface area contributed by atoms with Crippen LogP contribution in [0.25, 0.3) is 0 Å². The summed E-state index contributed by atoms with van der Waals surface area (Å²) in [6, 6.07) is 4.36. The van der Waals surface area contributed by atoms with Crippen molar-refractivity contribution < 1.29 is 9.59 Å². The zero-order chi connectivity index (χ0) is 16.4. The highest BCUT2D eigenvalue weighted by molar-refractivity contribution is 7.10. The molecular weight excluding hydrogens is 298 g/mol. The summed E-state index contributed by atoms with van der Waals surface area (Å²) in [5, 5.41) is 7.83. The van der Waals surface area contributed by atoms with Gasteiger partial charge in [-0.15, -0.1) is 11.3 Å². The van der Waals surface area contributed by atoms with E-state index in [1.165, 1.54) is 11.8 Å². The third-order valence-electron chi connectivity index (χ3n) is 3.44. The van der Waals surface area contributed by atoms with E-state index in [1.807, 2.05) is 20.2 Å². The average molecular weight is 325 g/mol. The molecule has 2 N–H and O–H groups in total. The van der Waals surface area contributed by atoms with Crippen molar-refractivity contribution in [2.75, 3.05) is 27.2 Å². The Morgan fingerprint density at radius 2 is 2.00 bits per heavy atom. The molecule has 0 saturated heterocycles. The van der Waals surface area contributed by atoms with Gasteiger partial charge in [0.15, 0.2) is 0 Å². The highest BCUT2D eigenvalue weighted by Gasteiger charge is 2.15. The zero-order valence-electron chi connectivity index (χ0n) is 13.7. The summed E-state index contributed by atoms with van der Waals surface area (Å²) in [5.74, 6) is 0.101. The summed E-state index contributed by atoms with van der Waals surface area (Å²) in [7, 11) is 4.05. The standard InChI is InChI=1S/C16H27N3O2S/c1-13(20)17-10-6-4-5-9-16(21)18-12-14(19(2)3)15-8-7-11-22-15/h7-8,11,14H,4-6,9-10,12H2,1-3H3,(H,17,20)(H,18,21). The van der Waals surface area contributed by atoms with E-state index in [1.54, 1.807) is 11.3 Å². The Hall–Kier alpha value is -1.40. The van der Waals surface area contributed by atoms with E-state index in [2.05, 4.69) is 27.0 Å². The molecule has 1 aromatic rings. The van der Waals surface area contributed by atoms with Gasteiger partial charge in [-0.05, 0) is 38.4 Å². The van der Waals surface area contributed by atoms with Gasteiger partial charge in [0, 0.05) is 31.3 Å². The monoisotopic (exact) mass is 325 g/mol. The minimum atomic E-state index is 0.000970. The van der Waals surface area contributed by atoms with Crippen LogP contribution >= 0.6 is 11.3 Å². The quantitative estimate of drug-likeness (QED) is 0.648. The third kappa shape index (κ3) is 7.56. The summed E-state index contributed by atoms with van der Waals surface area (Å²) >= 11 is 1.71.